The molecule has 170 valence electrons. The molecule has 3 amide bonds. The molecule has 1 aliphatic heterocycles. The van der Waals surface area contributed by atoms with Crippen molar-refractivity contribution in [2.45, 2.75) is 12.5 Å². The van der Waals surface area contributed by atoms with Gasteiger partial charge in [-0.15, -0.1) is 0 Å². The first-order valence-electron chi connectivity index (χ1n) is 9.57. The standard InChI is InChI=1S/C22H15Cl2F2N3O4/c1-27-21(32)19-14-8-16(30)28-18(13-7-11(25)2-3-15(13)24)17(14)22(33-19)29-20(31)9-4-10(23)6-12(26)5-9/h2-7,18H,8H2,1H3,(H,27,32)(H,28,30)(H,29,31). The summed E-state index contributed by atoms with van der Waals surface area (Å²) in [5.74, 6) is -3.60. The lowest BCUT2D eigenvalue weighted by Crippen LogP contribution is -2.37. The minimum absolute atomic E-state index is 0.00403. The number of carbonyl (C=O) groups is 3. The van der Waals surface area contributed by atoms with Gasteiger partial charge in [0.05, 0.1) is 12.5 Å². The maximum atomic E-state index is 14.0. The molecule has 33 heavy (non-hydrogen) atoms. The van der Waals surface area contributed by atoms with Gasteiger partial charge in [-0.05, 0) is 36.4 Å². The van der Waals surface area contributed by atoms with Crippen molar-refractivity contribution in [3.05, 3.63) is 86.1 Å². The SMILES string of the molecule is CNC(=O)c1oc(NC(=O)c2cc(F)cc(Cl)c2)c2c1CC(=O)NC2c1cc(F)ccc1Cl. The molecule has 11 heteroatoms. The third-order valence-corrected chi connectivity index (χ3v) is 5.60. The van der Waals surface area contributed by atoms with E-state index in [1.807, 2.05) is 0 Å². The molecule has 4 rings (SSSR count). The molecule has 3 aromatic rings. The molecule has 1 aliphatic rings. The highest BCUT2D eigenvalue weighted by Crippen LogP contribution is 2.41. The van der Waals surface area contributed by atoms with Gasteiger partial charge in [-0.3, -0.25) is 19.7 Å². The number of benzene rings is 2. The zero-order chi connectivity index (χ0) is 23.9. The average molecular weight is 494 g/mol. The van der Waals surface area contributed by atoms with Gasteiger partial charge in [-0.1, -0.05) is 23.2 Å². The maximum absolute atomic E-state index is 14.0. The van der Waals surface area contributed by atoms with E-state index in [1.165, 1.54) is 19.2 Å². The van der Waals surface area contributed by atoms with Crippen LogP contribution in [0.4, 0.5) is 14.7 Å². The lowest BCUT2D eigenvalue weighted by molar-refractivity contribution is -0.121. The van der Waals surface area contributed by atoms with Crippen LogP contribution in [-0.2, 0) is 11.2 Å². The Morgan fingerprint density at radius 3 is 2.55 bits per heavy atom. The van der Waals surface area contributed by atoms with Crippen molar-refractivity contribution in [2.75, 3.05) is 12.4 Å². The summed E-state index contributed by atoms with van der Waals surface area (Å²) in [6.45, 7) is 0. The van der Waals surface area contributed by atoms with E-state index >= 15 is 0 Å². The molecule has 0 radical (unpaired) electrons. The summed E-state index contributed by atoms with van der Waals surface area (Å²) in [5, 5.41) is 7.73. The largest absolute Gasteiger partial charge is 0.434 e. The van der Waals surface area contributed by atoms with E-state index in [9.17, 15) is 23.2 Å². The van der Waals surface area contributed by atoms with Crippen LogP contribution in [0.5, 0.6) is 0 Å². The van der Waals surface area contributed by atoms with Crippen LogP contribution in [0.25, 0.3) is 0 Å². The Labute approximate surface area is 196 Å². The fraction of sp³-hybridized carbons (Fsp3) is 0.136. The van der Waals surface area contributed by atoms with E-state index in [0.717, 1.165) is 24.3 Å². The average Bonchev–Trinajstić information content (AvgIpc) is 3.11. The summed E-state index contributed by atoms with van der Waals surface area (Å²) in [6, 6.07) is 5.83. The van der Waals surface area contributed by atoms with Gasteiger partial charge >= 0.3 is 0 Å². The number of amides is 3. The minimum atomic E-state index is -1.03. The van der Waals surface area contributed by atoms with Gasteiger partial charge in [0.25, 0.3) is 11.8 Å². The number of fused-ring (bicyclic) bond motifs is 1. The summed E-state index contributed by atoms with van der Waals surface area (Å²) < 4.78 is 33.4. The van der Waals surface area contributed by atoms with Crippen LogP contribution in [0.3, 0.4) is 0 Å². The zero-order valence-electron chi connectivity index (χ0n) is 16.9. The molecule has 1 aromatic heterocycles. The smallest absolute Gasteiger partial charge is 0.287 e. The molecule has 0 fully saturated rings. The summed E-state index contributed by atoms with van der Waals surface area (Å²) in [5.41, 5.74) is 0.513. The van der Waals surface area contributed by atoms with Crippen molar-refractivity contribution >= 4 is 46.8 Å². The summed E-state index contributed by atoms with van der Waals surface area (Å²) in [4.78, 5) is 37.7. The summed E-state index contributed by atoms with van der Waals surface area (Å²) in [6.07, 6.45) is -0.229. The number of hydrogen-bond donors (Lipinski definition) is 3. The van der Waals surface area contributed by atoms with Crippen molar-refractivity contribution in [3.63, 3.8) is 0 Å². The van der Waals surface area contributed by atoms with Gasteiger partial charge < -0.3 is 15.1 Å². The van der Waals surface area contributed by atoms with E-state index in [1.54, 1.807) is 0 Å². The van der Waals surface area contributed by atoms with Gasteiger partial charge in [-0.2, -0.15) is 0 Å². The fourth-order valence-electron chi connectivity index (χ4n) is 3.62. The highest BCUT2D eigenvalue weighted by Gasteiger charge is 2.37. The molecule has 0 saturated carbocycles. The van der Waals surface area contributed by atoms with Crippen molar-refractivity contribution in [1.29, 1.82) is 0 Å². The zero-order valence-corrected chi connectivity index (χ0v) is 18.4. The number of nitrogens with one attached hydrogen (secondary N) is 3. The molecule has 2 aromatic carbocycles. The Balaban J connectivity index is 1.86. The van der Waals surface area contributed by atoms with Gasteiger partial charge in [0.15, 0.2) is 5.76 Å². The first-order valence-corrected chi connectivity index (χ1v) is 10.3. The Hall–Kier alpha value is -3.43. The van der Waals surface area contributed by atoms with Crippen molar-refractivity contribution in [3.8, 4) is 0 Å². The predicted molar refractivity (Wildman–Crippen MR) is 117 cm³/mol. The van der Waals surface area contributed by atoms with Crippen molar-refractivity contribution < 1.29 is 27.6 Å². The van der Waals surface area contributed by atoms with Gasteiger partial charge in [-0.25, -0.2) is 8.78 Å². The highest BCUT2D eigenvalue weighted by molar-refractivity contribution is 6.31. The lowest BCUT2D eigenvalue weighted by Gasteiger charge is -2.26. The molecular formula is C22H15Cl2F2N3O4. The van der Waals surface area contributed by atoms with Crippen LogP contribution in [-0.4, -0.2) is 24.8 Å². The number of rotatable bonds is 4. The number of anilines is 1. The topological polar surface area (TPSA) is 100 Å². The first-order chi connectivity index (χ1) is 15.7. The number of hydrogen-bond acceptors (Lipinski definition) is 4. The van der Waals surface area contributed by atoms with Crippen LogP contribution in [0.2, 0.25) is 10.0 Å². The molecule has 1 atom stereocenters. The Morgan fingerprint density at radius 2 is 1.85 bits per heavy atom. The number of furan rings is 1. The maximum Gasteiger partial charge on any atom is 0.287 e. The predicted octanol–water partition coefficient (Wildman–Crippen LogP) is 4.24. The minimum Gasteiger partial charge on any atom is -0.434 e. The molecule has 1 unspecified atom stereocenters. The van der Waals surface area contributed by atoms with Gasteiger partial charge in [0.2, 0.25) is 11.8 Å². The quantitative estimate of drug-likeness (QED) is 0.505. The molecule has 7 nitrogen and oxygen atoms in total. The Kier molecular flexibility index (Phi) is 6.09. The van der Waals surface area contributed by atoms with Crippen LogP contribution in [0, 0.1) is 11.6 Å². The summed E-state index contributed by atoms with van der Waals surface area (Å²) in [7, 11) is 1.37. The number of carbonyl (C=O) groups excluding carboxylic acids is 3. The van der Waals surface area contributed by atoms with Crippen LogP contribution < -0.4 is 16.0 Å². The highest BCUT2D eigenvalue weighted by atomic mass is 35.5. The van der Waals surface area contributed by atoms with Gasteiger partial charge in [0, 0.05) is 39.3 Å². The van der Waals surface area contributed by atoms with E-state index in [-0.39, 0.29) is 50.4 Å². The first kappa shape index (κ1) is 22.8. The van der Waals surface area contributed by atoms with Gasteiger partial charge in [0.1, 0.15) is 11.6 Å². The van der Waals surface area contributed by atoms with E-state index in [0.29, 0.717) is 0 Å². The third kappa shape index (κ3) is 4.42. The van der Waals surface area contributed by atoms with E-state index in [4.69, 9.17) is 27.6 Å². The van der Waals surface area contributed by atoms with Crippen molar-refractivity contribution in [1.82, 2.24) is 10.6 Å². The molecule has 0 aliphatic carbocycles. The number of halogens is 4. The molecular weight excluding hydrogens is 479 g/mol. The van der Waals surface area contributed by atoms with Crippen LogP contribution in [0.15, 0.2) is 40.8 Å². The normalized spacial score (nSPS) is 14.9. The second-order valence-electron chi connectivity index (χ2n) is 7.19. The second kappa shape index (κ2) is 8.84. The second-order valence-corrected chi connectivity index (χ2v) is 8.03. The molecule has 2 heterocycles. The Bertz CT molecular complexity index is 1290. The third-order valence-electron chi connectivity index (χ3n) is 5.03. The van der Waals surface area contributed by atoms with Crippen LogP contribution in [0.1, 0.15) is 43.6 Å². The molecule has 0 spiro atoms. The van der Waals surface area contributed by atoms with E-state index in [2.05, 4.69) is 16.0 Å². The van der Waals surface area contributed by atoms with E-state index < -0.39 is 35.4 Å². The fourth-order valence-corrected chi connectivity index (χ4v) is 4.07. The Morgan fingerprint density at radius 1 is 1.09 bits per heavy atom. The molecule has 3 N–H and O–H groups in total. The van der Waals surface area contributed by atoms with Crippen LogP contribution >= 0.6 is 23.2 Å². The summed E-state index contributed by atoms with van der Waals surface area (Å²) >= 11 is 12.1. The molecule has 0 saturated heterocycles. The molecule has 0 bridgehead atoms. The lowest BCUT2D eigenvalue weighted by atomic mass is 9.90. The van der Waals surface area contributed by atoms with Crippen molar-refractivity contribution in [2.24, 2.45) is 0 Å². The monoisotopic (exact) mass is 493 g/mol.